The molecule has 2 amide bonds. The fraction of sp³-hybridized carbons (Fsp3) is 0.361. The van der Waals surface area contributed by atoms with E-state index in [-0.39, 0.29) is 49.9 Å². The lowest BCUT2D eigenvalue weighted by Crippen LogP contribution is -2.48. The van der Waals surface area contributed by atoms with E-state index in [0.717, 1.165) is 28.0 Å². The van der Waals surface area contributed by atoms with Gasteiger partial charge in [-0.2, -0.15) is 0 Å². The monoisotopic (exact) mass is 596 g/mol. The van der Waals surface area contributed by atoms with Crippen molar-refractivity contribution in [1.82, 2.24) is 10.2 Å². The molecule has 3 aromatic rings. The molecule has 0 spiro atoms. The normalized spacial score (nSPS) is 20.8. The van der Waals surface area contributed by atoms with Crippen LogP contribution in [0.2, 0.25) is 0 Å². The maximum atomic E-state index is 13.6. The summed E-state index contributed by atoms with van der Waals surface area (Å²) in [6, 6.07) is 24.8. The van der Waals surface area contributed by atoms with Gasteiger partial charge in [-0.3, -0.25) is 14.4 Å². The number of benzene rings is 3. The molecule has 8 nitrogen and oxygen atoms in total. The first kappa shape index (κ1) is 31.0. The number of hydrogen-bond donors (Lipinski definition) is 2. The molecule has 2 N–H and O–H groups in total. The van der Waals surface area contributed by atoms with E-state index in [4.69, 9.17) is 9.47 Å². The number of hydrogen-bond acceptors (Lipinski definition) is 6. The van der Waals surface area contributed by atoms with Gasteiger partial charge in [-0.05, 0) is 60.1 Å². The number of carbonyl (C=O) groups is 3. The minimum atomic E-state index is -0.596. The van der Waals surface area contributed by atoms with Crippen molar-refractivity contribution in [3.63, 3.8) is 0 Å². The average molecular weight is 597 g/mol. The largest absolute Gasteiger partial charge is 0.489 e. The number of rotatable bonds is 8. The lowest BCUT2D eigenvalue weighted by atomic mass is 9.92. The van der Waals surface area contributed by atoms with Gasteiger partial charge in [-0.25, -0.2) is 0 Å². The van der Waals surface area contributed by atoms with Crippen LogP contribution in [0, 0.1) is 5.92 Å². The third-order valence-corrected chi connectivity index (χ3v) is 8.23. The second-order valence-corrected chi connectivity index (χ2v) is 11.5. The third kappa shape index (κ3) is 8.57. The van der Waals surface area contributed by atoms with Gasteiger partial charge in [-0.1, -0.05) is 78.9 Å². The highest BCUT2D eigenvalue weighted by Crippen LogP contribution is 2.26. The summed E-state index contributed by atoms with van der Waals surface area (Å²) >= 11 is 0. The fourth-order valence-corrected chi connectivity index (χ4v) is 5.72. The van der Waals surface area contributed by atoms with Crippen LogP contribution in [0.4, 0.5) is 0 Å². The Morgan fingerprint density at radius 2 is 1.68 bits per heavy atom. The highest BCUT2D eigenvalue weighted by Gasteiger charge is 2.32. The van der Waals surface area contributed by atoms with E-state index in [0.29, 0.717) is 38.8 Å². The molecule has 0 saturated heterocycles. The van der Waals surface area contributed by atoms with Gasteiger partial charge in [0.2, 0.25) is 11.8 Å². The van der Waals surface area contributed by atoms with Gasteiger partial charge < -0.3 is 24.8 Å². The molecule has 44 heavy (non-hydrogen) atoms. The highest BCUT2D eigenvalue weighted by atomic mass is 16.5. The predicted octanol–water partition coefficient (Wildman–Crippen LogP) is 4.53. The maximum absolute atomic E-state index is 13.6. The molecule has 0 saturated carbocycles. The van der Waals surface area contributed by atoms with Crippen molar-refractivity contribution in [2.45, 2.75) is 63.8 Å². The number of aliphatic hydroxyl groups is 1. The summed E-state index contributed by atoms with van der Waals surface area (Å²) < 4.78 is 11.4. The summed E-state index contributed by atoms with van der Waals surface area (Å²) in [7, 11) is 0. The number of nitrogens with one attached hydrogen (secondary N) is 1. The van der Waals surface area contributed by atoms with Gasteiger partial charge in [0.25, 0.3) is 0 Å². The summed E-state index contributed by atoms with van der Waals surface area (Å²) in [5, 5.41) is 13.1. The van der Waals surface area contributed by atoms with E-state index >= 15 is 0 Å². The summed E-state index contributed by atoms with van der Waals surface area (Å²) in [6.07, 6.45) is 5.91. The van der Waals surface area contributed by atoms with Crippen molar-refractivity contribution in [2.75, 3.05) is 13.2 Å². The number of cyclic esters (lactones) is 1. The predicted molar refractivity (Wildman–Crippen MR) is 166 cm³/mol. The van der Waals surface area contributed by atoms with E-state index in [9.17, 15) is 19.5 Å². The van der Waals surface area contributed by atoms with Gasteiger partial charge >= 0.3 is 5.97 Å². The Labute approximate surface area is 258 Å². The molecule has 0 radical (unpaired) electrons. The van der Waals surface area contributed by atoms with Crippen molar-refractivity contribution in [1.29, 1.82) is 0 Å². The molecule has 0 fully saturated rings. The molecule has 3 unspecified atom stereocenters. The van der Waals surface area contributed by atoms with Crippen LogP contribution < -0.4 is 10.1 Å². The average Bonchev–Trinajstić information content (AvgIpc) is 3.05. The molecule has 3 aromatic carbocycles. The third-order valence-electron chi connectivity index (χ3n) is 8.23. The van der Waals surface area contributed by atoms with Crippen molar-refractivity contribution in [3.05, 3.63) is 113 Å². The van der Waals surface area contributed by atoms with E-state index in [2.05, 4.69) is 5.32 Å². The smallest absolute Gasteiger partial charge is 0.306 e. The van der Waals surface area contributed by atoms with E-state index < -0.39 is 12.0 Å². The van der Waals surface area contributed by atoms with Crippen LogP contribution in [0.5, 0.6) is 5.75 Å². The number of allylic oxidation sites excluding steroid dienone is 2. The second kappa shape index (κ2) is 15.3. The summed E-state index contributed by atoms with van der Waals surface area (Å²) in [4.78, 5) is 41.2. The van der Waals surface area contributed by atoms with E-state index in [1.54, 1.807) is 4.90 Å². The van der Waals surface area contributed by atoms with Crippen LogP contribution in [0.1, 0.15) is 47.9 Å². The Morgan fingerprint density at radius 1 is 0.932 bits per heavy atom. The topological polar surface area (TPSA) is 105 Å². The molecule has 230 valence electrons. The van der Waals surface area contributed by atoms with Gasteiger partial charge in [-0.15, -0.1) is 0 Å². The van der Waals surface area contributed by atoms with Gasteiger partial charge in [0.15, 0.2) is 0 Å². The maximum Gasteiger partial charge on any atom is 0.306 e. The molecular formula is C36H40N2O6. The lowest BCUT2D eigenvalue weighted by Gasteiger charge is -2.36. The summed E-state index contributed by atoms with van der Waals surface area (Å²) in [6.45, 7) is 0.775. The zero-order valence-corrected chi connectivity index (χ0v) is 24.9. The molecule has 2 heterocycles. The standard InChI is InChI=1S/C36H40N2O6/c39-23-32-20-28-11-7-8-13-30(28)22-38(32)34(40)21-29-12-5-2-6-14-35(41)44-25-31(37-36(29)42)19-26-15-17-33(18-16-26)43-24-27-9-3-1-4-10-27/h1-5,7-11,13,15-18,29,31-32,39H,6,12,14,19-25H2,(H,37,42). The van der Waals surface area contributed by atoms with E-state index in [1.807, 2.05) is 91.0 Å². The molecule has 2 aliphatic heterocycles. The Kier molecular flexibility index (Phi) is 10.8. The van der Waals surface area contributed by atoms with Crippen LogP contribution in [0.3, 0.4) is 0 Å². The highest BCUT2D eigenvalue weighted by molar-refractivity contribution is 5.86. The van der Waals surface area contributed by atoms with Crippen LogP contribution in [-0.4, -0.2) is 53.1 Å². The van der Waals surface area contributed by atoms with Crippen LogP contribution in [0.15, 0.2) is 91.0 Å². The molecule has 0 aromatic heterocycles. The number of esters is 1. The molecule has 8 heteroatoms. The minimum absolute atomic E-state index is 0.0226. The first-order valence-corrected chi connectivity index (χ1v) is 15.3. The van der Waals surface area contributed by atoms with Crippen molar-refractivity contribution in [3.8, 4) is 5.75 Å². The van der Waals surface area contributed by atoms with Crippen LogP contribution in [-0.2, 0) is 45.1 Å². The Morgan fingerprint density at radius 3 is 2.45 bits per heavy atom. The van der Waals surface area contributed by atoms with Crippen LogP contribution >= 0.6 is 0 Å². The van der Waals surface area contributed by atoms with E-state index in [1.165, 1.54) is 0 Å². The first-order valence-electron chi connectivity index (χ1n) is 15.3. The van der Waals surface area contributed by atoms with Crippen molar-refractivity contribution < 1.29 is 29.0 Å². The minimum Gasteiger partial charge on any atom is -0.489 e. The van der Waals surface area contributed by atoms with Crippen LogP contribution in [0.25, 0.3) is 0 Å². The molecule has 0 bridgehead atoms. The molecule has 2 aliphatic rings. The molecule has 3 atom stereocenters. The zero-order valence-electron chi connectivity index (χ0n) is 24.9. The Hall–Kier alpha value is -4.43. The first-order chi connectivity index (χ1) is 21.5. The summed E-state index contributed by atoms with van der Waals surface area (Å²) in [5.74, 6) is -0.592. The molecule has 5 rings (SSSR count). The van der Waals surface area contributed by atoms with Crippen molar-refractivity contribution >= 4 is 17.8 Å². The number of ether oxygens (including phenoxy) is 2. The van der Waals surface area contributed by atoms with Crippen molar-refractivity contribution in [2.24, 2.45) is 5.92 Å². The second-order valence-electron chi connectivity index (χ2n) is 11.5. The molecular weight excluding hydrogens is 556 g/mol. The number of nitrogens with zero attached hydrogens (tertiary/aromatic N) is 1. The SMILES string of the molecule is O=C1CCC=CCC(CC(=O)N2Cc3ccccc3CC2CO)C(=O)NC(Cc2ccc(OCc3ccccc3)cc2)CO1. The fourth-order valence-electron chi connectivity index (χ4n) is 5.72. The van der Waals surface area contributed by atoms with Gasteiger partial charge in [0.05, 0.1) is 24.6 Å². The number of amides is 2. The Bertz CT molecular complexity index is 1440. The number of aliphatic hydroxyl groups excluding tert-OH is 1. The number of fused-ring (bicyclic) bond motifs is 1. The lowest BCUT2D eigenvalue weighted by molar-refractivity contribution is -0.145. The quantitative estimate of drug-likeness (QED) is 0.293. The summed E-state index contributed by atoms with van der Waals surface area (Å²) in [5.41, 5.74) is 4.23. The molecule has 0 aliphatic carbocycles. The Balaban J connectivity index is 1.25. The van der Waals surface area contributed by atoms with Gasteiger partial charge in [0.1, 0.15) is 19.0 Å². The van der Waals surface area contributed by atoms with Gasteiger partial charge in [0, 0.05) is 19.4 Å². The zero-order chi connectivity index (χ0) is 30.7. The number of carbonyl (C=O) groups excluding carboxylic acids is 3.